The van der Waals surface area contributed by atoms with Crippen molar-refractivity contribution in [2.75, 3.05) is 11.5 Å². The maximum Gasteiger partial charge on any atom is 0.337 e. The van der Waals surface area contributed by atoms with Crippen LogP contribution >= 0.6 is 0 Å². The number of carbonyl (C=O) groups excluding carboxylic acids is 1. The molecule has 0 spiro atoms. The molecule has 0 heterocycles. The molecule has 0 aliphatic heterocycles. The second-order valence-corrected chi connectivity index (χ2v) is 7.45. The van der Waals surface area contributed by atoms with Crippen LogP contribution in [0.4, 0.5) is 11.4 Å². The van der Waals surface area contributed by atoms with Crippen LogP contribution < -0.4 is 14.4 Å². The zero-order valence-corrected chi connectivity index (χ0v) is 17.7. The lowest BCUT2D eigenvalue weighted by molar-refractivity contribution is -0.115. The van der Waals surface area contributed by atoms with Gasteiger partial charge in [-0.05, 0) is 66.6 Å². The lowest BCUT2D eigenvalue weighted by atomic mass is 10.1. The number of carboxylic acids is 1. The molecule has 0 aromatic heterocycles. The largest absolute Gasteiger partial charge is 0.493 e. The number of carbonyl (C=O) groups is 2. The smallest absolute Gasteiger partial charge is 0.337 e. The maximum atomic E-state index is 12.3. The highest BCUT2D eigenvalue weighted by molar-refractivity contribution is 6.05. The number of rotatable bonds is 8. The van der Waals surface area contributed by atoms with Gasteiger partial charge in [0, 0.05) is 12.6 Å². The van der Waals surface area contributed by atoms with Gasteiger partial charge in [-0.1, -0.05) is 26.0 Å². The summed E-state index contributed by atoms with van der Waals surface area (Å²) in [6.45, 7) is 6.23. The zero-order chi connectivity index (χ0) is 22.4. The Labute approximate surface area is 181 Å². The van der Waals surface area contributed by atoms with Gasteiger partial charge >= 0.3 is 5.97 Å². The molecule has 0 saturated carbocycles. The van der Waals surface area contributed by atoms with Gasteiger partial charge in [0.25, 0.3) is 0 Å². The van der Waals surface area contributed by atoms with Crippen LogP contribution in [-0.2, 0) is 4.79 Å². The van der Waals surface area contributed by atoms with Crippen molar-refractivity contribution in [3.63, 3.8) is 0 Å². The third kappa shape index (κ3) is 5.63. The topological polar surface area (TPSA) is 76.1 Å². The fourth-order valence-corrected chi connectivity index (χ4v) is 3.01. The average Bonchev–Trinajstić information content (AvgIpc) is 2.74. The quantitative estimate of drug-likeness (QED) is 0.492. The van der Waals surface area contributed by atoms with E-state index in [9.17, 15) is 14.7 Å². The molecule has 0 aliphatic rings. The van der Waals surface area contributed by atoms with Gasteiger partial charge in [-0.3, -0.25) is 9.69 Å². The van der Waals surface area contributed by atoms with Gasteiger partial charge < -0.3 is 14.6 Å². The Kier molecular flexibility index (Phi) is 6.92. The van der Waals surface area contributed by atoms with E-state index in [0.717, 1.165) is 5.75 Å². The van der Waals surface area contributed by atoms with Crippen molar-refractivity contribution in [3.05, 3.63) is 78.4 Å². The lowest BCUT2D eigenvalue weighted by Gasteiger charge is -2.23. The summed E-state index contributed by atoms with van der Waals surface area (Å²) in [4.78, 5) is 25.3. The Bertz CT molecular complexity index is 1040. The number of hydrogen-bond donors (Lipinski definition) is 1. The third-order valence-electron chi connectivity index (χ3n) is 4.43. The first kappa shape index (κ1) is 21.9. The Morgan fingerprint density at radius 1 is 0.871 bits per heavy atom. The molecule has 0 fully saturated rings. The Morgan fingerprint density at radius 3 is 1.97 bits per heavy atom. The SMILES string of the molecule is CC(=O)N(c1ccc(Oc2ccc(OCC(C)C)cc2)cc1)c1ccccc1C(=O)O. The first-order valence-corrected chi connectivity index (χ1v) is 9.99. The van der Waals surface area contributed by atoms with E-state index in [1.54, 1.807) is 42.5 Å². The van der Waals surface area contributed by atoms with Gasteiger partial charge in [-0.2, -0.15) is 0 Å². The van der Waals surface area contributed by atoms with Gasteiger partial charge in [-0.25, -0.2) is 4.79 Å². The van der Waals surface area contributed by atoms with E-state index in [1.165, 1.54) is 17.9 Å². The Hall–Kier alpha value is -3.80. The summed E-state index contributed by atoms with van der Waals surface area (Å²) in [5.41, 5.74) is 0.914. The summed E-state index contributed by atoms with van der Waals surface area (Å²) < 4.78 is 11.5. The lowest BCUT2D eigenvalue weighted by Crippen LogP contribution is -2.24. The Balaban J connectivity index is 1.77. The molecular formula is C25H25NO5. The summed E-state index contributed by atoms with van der Waals surface area (Å²) in [6, 6.07) is 20.7. The molecule has 6 heteroatoms. The minimum absolute atomic E-state index is 0.0535. The number of amides is 1. The summed E-state index contributed by atoms with van der Waals surface area (Å²) >= 11 is 0. The number of nitrogens with zero attached hydrogens (tertiary/aromatic N) is 1. The maximum absolute atomic E-state index is 12.3. The predicted octanol–water partition coefficient (Wildman–Crippen LogP) is 5.90. The molecule has 0 saturated heterocycles. The van der Waals surface area contributed by atoms with Crippen LogP contribution in [0.3, 0.4) is 0 Å². The van der Waals surface area contributed by atoms with Crippen LogP contribution in [0.15, 0.2) is 72.8 Å². The van der Waals surface area contributed by atoms with Crippen molar-refractivity contribution in [1.82, 2.24) is 0 Å². The molecule has 0 unspecified atom stereocenters. The minimum atomic E-state index is -1.09. The standard InChI is InChI=1S/C25H25NO5/c1-17(2)16-30-20-12-14-22(15-13-20)31-21-10-8-19(9-11-21)26(18(3)27)24-7-5-4-6-23(24)25(28)29/h4-15,17H,16H2,1-3H3,(H,28,29). The first-order valence-electron chi connectivity index (χ1n) is 9.99. The zero-order valence-electron chi connectivity index (χ0n) is 17.7. The summed E-state index contributed by atoms with van der Waals surface area (Å²) in [5, 5.41) is 9.46. The second kappa shape index (κ2) is 9.80. The molecule has 31 heavy (non-hydrogen) atoms. The number of hydrogen-bond acceptors (Lipinski definition) is 4. The van der Waals surface area contributed by atoms with Crippen LogP contribution in [0.5, 0.6) is 17.2 Å². The van der Waals surface area contributed by atoms with Crippen LogP contribution in [0, 0.1) is 5.92 Å². The number of ether oxygens (including phenoxy) is 2. The van der Waals surface area contributed by atoms with Gasteiger partial charge in [0.15, 0.2) is 0 Å². The molecule has 160 valence electrons. The van der Waals surface area contributed by atoms with Crippen molar-refractivity contribution in [2.45, 2.75) is 20.8 Å². The molecule has 1 amide bonds. The number of anilines is 2. The van der Waals surface area contributed by atoms with E-state index in [4.69, 9.17) is 9.47 Å². The minimum Gasteiger partial charge on any atom is -0.493 e. The second-order valence-electron chi connectivity index (χ2n) is 7.45. The molecular weight excluding hydrogens is 394 g/mol. The van der Waals surface area contributed by atoms with Crippen LogP contribution in [0.2, 0.25) is 0 Å². The van der Waals surface area contributed by atoms with Crippen molar-refractivity contribution >= 4 is 23.3 Å². The molecule has 3 rings (SSSR count). The summed E-state index contributed by atoms with van der Waals surface area (Å²) in [5.74, 6) is 1.10. The molecule has 0 radical (unpaired) electrons. The monoisotopic (exact) mass is 419 g/mol. The van der Waals surface area contributed by atoms with Gasteiger partial charge in [0.05, 0.1) is 17.9 Å². The van der Waals surface area contributed by atoms with Crippen LogP contribution in [0.1, 0.15) is 31.1 Å². The normalized spacial score (nSPS) is 10.6. The predicted molar refractivity (Wildman–Crippen MR) is 120 cm³/mol. The number of para-hydroxylation sites is 1. The molecule has 6 nitrogen and oxygen atoms in total. The van der Waals surface area contributed by atoms with Crippen molar-refractivity contribution in [3.8, 4) is 17.2 Å². The fourth-order valence-electron chi connectivity index (χ4n) is 3.01. The molecule has 3 aromatic rings. The van der Waals surface area contributed by atoms with E-state index >= 15 is 0 Å². The highest BCUT2D eigenvalue weighted by atomic mass is 16.5. The molecule has 0 bridgehead atoms. The number of benzene rings is 3. The molecule has 3 aromatic carbocycles. The van der Waals surface area contributed by atoms with Crippen molar-refractivity contribution < 1.29 is 24.2 Å². The van der Waals surface area contributed by atoms with E-state index in [2.05, 4.69) is 13.8 Å². The van der Waals surface area contributed by atoms with E-state index < -0.39 is 5.97 Å². The average molecular weight is 419 g/mol. The molecule has 0 aliphatic carbocycles. The number of aromatic carboxylic acids is 1. The van der Waals surface area contributed by atoms with Gasteiger partial charge in [-0.15, -0.1) is 0 Å². The highest BCUT2D eigenvalue weighted by Gasteiger charge is 2.20. The van der Waals surface area contributed by atoms with Crippen molar-refractivity contribution in [2.24, 2.45) is 5.92 Å². The van der Waals surface area contributed by atoms with Crippen molar-refractivity contribution in [1.29, 1.82) is 0 Å². The van der Waals surface area contributed by atoms with Gasteiger partial charge in [0.1, 0.15) is 17.2 Å². The number of carboxylic acid groups (broad SMARTS) is 1. The molecule has 1 N–H and O–H groups in total. The van der Waals surface area contributed by atoms with Crippen LogP contribution in [-0.4, -0.2) is 23.6 Å². The van der Waals surface area contributed by atoms with E-state index in [-0.39, 0.29) is 11.5 Å². The molecule has 0 atom stereocenters. The summed E-state index contributed by atoms with van der Waals surface area (Å²) in [7, 11) is 0. The van der Waals surface area contributed by atoms with E-state index in [0.29, 0.717) is 35.4 Å². The fraction of sp³-hybridized carbons (Fsp3) is 0.200. The third-order valence-corrected chi connectivity index (χ3v) is 4.43. The highest BCUT2D eigenvalue weighted by Crippen LogP contribution is 2.31. The first-order chi connectivity index (χ1) is 14.8. The van der Waals surface area contributed by atoms with Crippen LogP contribution in [0.25, 0.3) is 0 Å². The Morgan fingerprint density at radius 2 is 1.42 bits per heavy atom. The summed E-state index contributed by atoms with van der Waals surface area (Å²) in [6.07, 6.45) is 0. The van der Waals surface area contributed by atoms with Gasteiger partial charge in [0.2, 0.25) is 5.91 Å². The van der Waals surface area contributed by atoms with E-state index in [1.807, 2.05) is 24.3 Å².